The average Bonchev–Trinajstić information content (AvgIpc) is 2.69. The molecule has 0 saturated heterocycles. The van der Waals surface area contributed by atoms with Gasteiger partial charge in [-0.15, -0.1) is 0 Å². The summed E-state index contributed by atoms with van der Waals surface area (Å²) in [6.07, 6.45) is 4.70. The largest absolute Gasteiger partial charge is 0.383 e. The summed E-state index contributed by atoms with van der Waals surface area (Å²) in [6.45, 7) is 3.45. The highest BCUT2D eigenvalue weighted by Crippen LogP contribution is 2.06. The first-order valence-corrected chi connectivity index (χ1v) is 6.24. The Bertz CT molecular complexity index is 285. The van der Waals surface area contributed by atoms with Gasteiger partial charge in [0.05, 0.1) is 19.9 Å². The second kappa shape index (κ2) is 7.48. The molecular formula is C9H18N2O4S. The fourth-order valence-electron chi connectivity index (χ4n) is 1.42. The van der Waals surface area contributed by atoms with Crippen LogP contribution >= 0.6 is 0 Å². The maximum absolute atomic E-state index is 10.1. The lowest BCUT2D eigenvalue weighted by Crippen LogP contribution is -2.28. The third-order valence-corrected chi connectivity index (χ3v) is 2.61. The van der Waals surface area contributed by atoms with E-state index >= 15 is 0 Å². The van der Waals surface area contributed by atoms with Gasteiger partial charge in [-0.05, 0) is 6.42 Å². The summed E-state index contributed by atoms with van der Waals surface area (Å²) in [5, 5.41) is 0. The van der Waals surface area contributed by atoms with Crippen molar-refractivity contribution in [2.45, 2.75) is 6.42 Å². The van der Waals surface area contributed by atoms with Gasteiger partial charge in [0.15, 0.2) is 0 Å². The molecule has 0 atom stereocenters. The Hall–Kier alpha value is -0.790. The van der Waals surface area contributed by atoms with Gasteiger partial charge < -0.3 is 14.5 Å². The molecule has 16 heavy (non-hydrogen) atoms. The minimum atomic E-state index is -2.70. The maximum atomic E-state index is 10.1. The number of thiol groups is 1. The lowest BCUT2D eigenvalue weighted by atomic mass is 10.4. The predicted octanol–water partition coefficient (Wildman–Crippen LogP) is -0.388. The standard InChI is InChI=1S/C9H18N2O4S/c1-14-8-6-11-5-4-10(9-11)3-2-7-15-16(12)13/h4-5,16H,2-3,6-9H2,1H3. The van der Waals surface area contributed by atoms with Crippen LogP contribution in [-0.4, -0.2) is 58.3 Å². The normalized spacial score (nSPS) is 15.4. The molecule has 0 bridgehead atoms. The van der Waals surface area contributed by atoms with Crippen LogP contribution in [0.1, 0.15) is 6.42 Å². The summed E-state index contributed by atoms with van der Waals surface area (Å²) in [4.78, 5) is 4.25. The molecule has 0 radical (unpaired) electrons. The van der Waals surface area contributed by atoms with E-state index in [1.54, 1.807) is 7.11 Å². The molecule has 0 spiro atoms. The summed E-state index contributed by atoms with van der Waals surface area (Å²) >= 11 is 0. The summed E-state index contributed by atoms with van der Waals surface area (Å²) < 4.78 is 29.7. The van der Waals surface area contributed by atoms with Crippen LogP contribution in [0.15, 0.2) is 12.4 Å². The van der Waals surface area contributed by atoms with Crippen LogP contribution in [0, 0.1) is 0 Å². The molecule has 0 saturated carbocycles. The van der Waals surface area contributed by atoms with Gasteiger partial charge in [-0.1, -0.05) is 0 Å². The van der Waals surface area contributed by atoms with Crippen molar-refractivity contribution >= 4 is 11.0 Å². The van der Waals surface area contributed by atoms with Gasteiger partial charge in [-0.25, -0.2) is 8.42 Å². The van der Waals surface area contributed by atoms with Crippen LogP contribution in [0.25, 0.3) is 0 Å². The Kier molecular flexibility index (Phi) is 6.20. The third-order valence-electron chi connectivity index (χ3n) is 2.22. The Morgan fingerprint density at radius 2 is 1.88 bits per heavy atom. The molecule has 1 aliphatic rings. The fraction of sp³-hybridized carbons (Fsp3) is 0.778. The van der Waals surface area contributed by atoms with E-state index in [1.165, 1.54) is 0 Å². The Labute approximate surface area is 97.6 Å². The smallest absolute Gasteiger partial charge is 0.257 e. The van der Waals surface area contributed by atoms with Crippen molar-refractivity contribution in [3.63, 3.8) is 0 Å². The van der Waals surface area contributed by atoms with Crippen LogP contribution in [0.4, 0.5) is 0 Å². The number of rotatable bonds is 8. The maximum Gasteiger partial charge on any atom is 0.257 e. The molecule has 94 valence electrons. The molecule has 0 amide bonds. The van der Waals surface area contributed by atoms with Crippen LogP contribution < -0.4 is 0 Å². The van der Waals surface area contributed by atoms with Crippen LogP contribution in [0.3, 0.4) is 0 Å². The molecule has 1 rings (SSSR count). The number of ether oxygens (including phenoxy) is 1. The summed E-state index contributed by atoms with van der Waals surface area (Å²) in [6, 6.07) is 0. The van der Waals surface area contributed by atoms with Gasteiger partial charge in [-0.3, -0.25) is 4.18 Å². The van der Waals surface area contributed by atoms with Crippen LogP contribution in [-0.2, 0) is 19.9 Å². The first-order chi connectivity index (χ1) is 7.72. The van der Waals surface area contributed by atoms with Crippen molar-refractivity contribution < 1.29 is 17.3 Å². The topological polar surface area (TPSA) is 59.1 Å². The Morgan fingerprint density at radius 3 is 2.50 bits per heavy atom. The number of hydrogen-bond acceptors (Lipinski definition) is 6. The summed E-state index contributed by atoms with van der Waals surface area (Å²) in [5.41, 5.74) is 0. The zero-order valence-corrected chi connectivity index (χ0v) is 10.3. The lowest BCUT2D eigenvalue weighted by molar-refractivity contribution is 0.155. The monoisotopic (exact) mass is 250 g/mol. The Balaban J connectivity index is 2.06. The SMILES string of the molecule is COCCN1C=CN(CCCO[SH](=O)=O)C1. The molecule has 0 unspecified atom stereocenters. The average molecular weight is 250 g/mol. The van der Waals surface area contributed by atoms with E-state index in [0.29, 0.717) is 13.0 Å². The minimum absolute atomic E-state index is 0.251. The van der Waals surface area contributed by atoms with E-state index < -0.39 is 11.0 Å². The van der Waals surface area contributed by atoms with Crippen molar-refractivity contribution in [3.8, 4) is 0 Å². The molecule has 0 aliphatic carbocycles. The van der Waals surface area contributed by atoms with Crippen molar-refractivity contribution in [2.24, 2.45) is 0 Å². The summed E-state index contributed by atoms with van der Waals surface area (Å²) in [5.74, 6) is 0. The molecule has 1 aliphatic heterocycles. The number of methoxy groups -OCH3 is 1. The van der Waals surface area contributed by atoms with Gasteiger partial charge in [0.2, 0.25) is 0 Å². The van der Waals surface area contributed by atoms with Gasteiger partial charge in [0.1, 0.15) is 0 Å². The van der Waals surface area contributed by atoms with Crippen LogP contribution in [0.2, 0.25) is 0 Å². The van der Waals surface area contributed by atoms with E-state index in [1.807, 2.05) is 12.4 Å². The van der Waals surface area contributed by atoms with E-state index in [9.17, 15) is 8.42 Å². The summed E-state index contributed by atoms with van der Waals surface area (Å²) in [7, 11) is -1.03. The first-order valence-electron chi connectivity index (χ1n) is 5.15. The van der Waals surface area contributed by atoms with Crippen LogP contribution in [0.5, 0.6) is 0 Å². The molecule has 0 aromatic rings. The molecule has 0 N–H and O–H groups in total. The molecule has 7 heteroatoms. The van der Waals surface area contributed by atoms with Crippen molar-refractivity contribution in [1.29, 1.82) is 0 Å². The molecule has 6 nitrogen and oxygen atoms in total. The highest BCUT2D eigenvalue weighted by atomic mass is 32.2. The first kappa shape index (κ1) is 13.3. The predicted molar refractivity (Wildman–Crippen MR) is 60.2 cm³/mol. The van der Waals surface area contributed by atoms with Gasteiger partial charge >= 0.3 is 0 Å². The van der Waals surface area contributed by atoms with Gasteiger partial charge in [0, 0.05) is 32.6 Å². The zero-order valence-electron chi connectivity index (χ0n) is 9.37. The van der Waals surface area contributed by atoms with E-state index in [0.717, 1.165) is 19.8 Å². The van der Waals surface area contributed by atoms with Crippen molar-refractivity contribution in [1.82, 2.24) is 9.80 Å². The highest BCUT2D eigenvalue weighted by Gasteiger charge is 2.10. The van der Waals surface area contributed by atoms with E-state index in [4.69, 9.17) is 4.74 Å². The second-order valence-corrected chi connectivity index (χ2v) is 4.17. The molecule has 0 aromatic heterocycles. The number of nitrogens with zero attached hydrogens (tertiary/aromatic N) is 2. The fourth-order valence-corrected chi connectivity index (χ4v) is 1.70. The molecule has 0 fully saturated rings. The minimum Gasteiger partial charge on any atom is -0.383 e. The Morgan fingerprint density at radius 1 is 1.19 bits per heavy atom. The number of hydrogen-bond donors (Lipinski definition) is 1. The van der Waals surface area contributed by atoms with Crippen molar-refractivity contribution in [2.75, 3.05) is 40.1 Å². The van der Waals surface area contributed by atoms with E-state index in [2.05, 4.69) is 14.0 Å². The lowest BCUT2D eigenvalue weighted by Gasteiger charge is -2.20. The van der Waals surface area contributed by atoms with Crippen molar-refractivity contribution in [3.05, 3.63) is 12.4 Å². The third kappa shape index (κ3) is 5.34. The molecular weight excluding hydrogens is 232 g/mol. The molecule has 0 aromatic carbocycles. The second-order valence-electron chi connectivity index (χ2n) is 3.47. The van der Waals surface area contributed by atoms with E-state index in [-0.39, 0.29) is 6.61 Å². The highest BCUT2D eigenvalue weighted by molar-refractivity contribution is 7.67. The quantitative estimate of drug-likeness (QED) is 0.468. The van der Waals surface area contributed by atoms with Gasteiger partial charge in [-0.2, -0.15) is 0 Å². The molecule has 1 heterocycles. The van der Waals surface area contributed by atoms with Gasteiger partial charge in [0.25, 0.3) is 11.0 Å². The zero-order chi connectivity index (χ0) is 11.8.